The second-order valence-electron chi connectivity index (χ2n) is 5.98. The van der Waals surface area contributed by atoms with Crippen LogP contribution in [-0.4, -0.2) is 68.7 Å². The number of hydrogen-bond donors (Lipinski definition) is 1. The summed E-state index contributed by atoms with van der Waals surface area (Å²) in [5.41, 5.74) is -0.106. The van der Waals surface area contributed by atoms with Gasteiger partial charge in [-0.15, -0.1) is 0 Å². The van der Waals surface area contributed by atoms with E-state index in [-0.39, 0.29) is 23.3 Å². The van der Waals surface area contributed by atoms with Crippen LogP contribution in [0, 0.1) is 11.3 Å². The van der Waals surface area contributed by atoms with Crippen molar-refractivity contribution in [2.45, 2.75) is 19.8 Å². The minimum absolute atomic E-state index is 0.0626. The normalized spacial score (nSPS) is 24.8. The number of urea groups is 1. The van der Waals surface area contributed by atoms with Crippen LogP contribution in [-0.2, 0) is 9.53 Å². The van der Waals surface area contributed by atoms with E-state index in [1.807, 2.05) is 6.92 Å². The molecule has 20 heavy (non-hydrogen) atoms. The van der Waals surface area contributed by atoms with Crippen molar-refractivity contribution in [1.29, 1.82) is 0 Å². The Kier molecular flexibility index (Phi) is 4.52. The number of likely N-dealkylation sites (tertiary alicyclic amines) is 1. The summed E-state index contributed by atoms with van der Waals surface area (Å²) >= 11 is 0. The summed E-state index contributed by atoms with van der Waals surface area (Å²) in [5, 5.41) is 2.83. The van der Waals surface area contributed by atoms with Gasteiger partial charge in [0.25, 0.3) is 0 Å². The van der Waals surface area contributed by atoms with Gasteiger partial charge in [0.15, 0.2) is 0 Å². The average Bonchev–Trinajstić information content (AvgIpc) is 2.78. The third-order valence-electron chi connectivity index (χ3n) is 4.49. The van der Waals surface area contributed by atoms with Crippen LogP contribution in [0.2, 0.25) is 0 Å². The lowest BCUT2D eigenvalue weighted by Gasteiger charge is -2.37. The molecule has 6 heteroatoms. The molecule has 1 N–H and O–H groups in total. The molecule has 0 aliphatic carbocycles. The molecule has 2 aliphatic rings. The zero-order valence-electron chi connectivity index (χ0n) is 12.6. The molecule has 0 aromatic carbocycles. The van der Waals surface area contributed by atoms with Crippen molar-refractivity contribution in [1.82, 2.24) is 15.1 Å². The van der Waals surface area contributed by atoms with Crippen LogP contribution in [0.3, 0.4) is 0 Å². The molecule has 0 radical (unpaired) electrons. The Bertz CT molecular complexity index is 378. The first-order valence-corrected chi connectivity index (χ1v) is 7.32. The zero-order chi connectivity index (χ0) is 14.8. The van der Waals surface area contributed by atoms with Crippen molar-refractivity contribution in [3.8, 4) is 0 Å². The van der Waals surface area contributed by atoms with Crippen LogP contribution in [0.4, 0.5) is 4.79 Å². The number of hydrogen-bond acceptors (Lipinski definition) is 3. The summed E-state index contributed by atoms with van der Waals surface area (Å²) in [6, 6.07) is -0.0626. The third kappa shape index (κ3) is 2.75. The SMILES string of the molecule is CCNC(=O)N1CC(C(=O)N(C)C)C2(CCOCC2)C1. The van der Waals surface area contributed by atoms with Gasteiger partial charge in [0.1, 0.15) is 0 Å². The zero-order valence-corrected chi connectivity index (χ0v) is 12.6. The lowest BCUT2D eigenvalue weighted by Crippen LogP contribution is -2.44. The quantitative estimate of drug-likeness (QED) is 0.804. The molecule has 1 atom stereocenters. The second kappa shape index (κ2) is 5.99. The molecule has 6 nitrogen and oxygen atoms in total. The number of amides is 3. The molecular weight excluding hydrogens is 258 g/mol. The first-order chi connectivity index (χ1) is 9.50. The maximum atomic E-state index is 12.5. The highest BCUT2D eigenvalue weighted by molar-refractivity contribution is 5.82. The molecule has 1 spiro atoms. The Labute approximate surface area is 120 Å². The van der Waals surface area contributed by atoms with Gasteiger partial charge in [-0.2, -0.15) is 0 Å². The highest BCUT2D eigenvalue weighted by Crippen LogP contribution is 2.44. The fraction of sp³-hybridized carbons (Fsp3) is 0.857. The van der Waals surface area contributed by atoms with Crippen LogP contribution in [0.15, 0.2) is 0 Å². The van der Waals surface area contributed by atoms with Crippen LogP contribution in [0.1, 0.15) is 19.8 Å². The second-order valence-corrected chi connectivity index (χ2v) is 5.98. The van der Waals surface area contributed by atoms with E-state index in [9.17, 15) is 9.59 Å². The molecule has 0 aromatic heterocycles. The molecular formula is C14H25N3O3. The Morgan fingerprint density at radius 3 is 2.55 bits per heavy atom. The molecule has 2 aliphatic heterocycles. The molecule has 0 saturated carbocycles. The summed E-state index contributed by atoms with van der Waals surface area (Å²) < 4.78 is 5.44. The number of carbonyl (C=O) groups is 2. The number of ether oxygens (including phenoxy) is 1. The van der Waals surface area contributed by atoms with E-state index in [1.54, 1.807) is 23.9 Å². The Balaban J connectivity index is 2.18. The third-order valence-corrected chi connectivity index (χ3v) is 4.49. The van der Waals surface area contributed by atoms with Gasteiger partial charge in [-0.25, -0.2) is 4.79 Å². The van der Waals surface area contributed by atoms with Crippen molar-refractivity contribution in [3.05, 3.63) is 0 Å². The fourth-order valence-electron chi connectivity index (χ4n) is 3.32. The lowest BCUT2D eigenvalue weighted by atomic mass is 9.71. The van der Waals surface area contributed by atoms with E-state index in [0.717, 1.165) is 12.8 Å². The standard InChI is InChI=1S/C14H25N3O3/c1-4-15-13(19)17-9-11(12(18)16(2)3)14(10-17)5-7-20-8-6-14/h11H,4-10H2,1-3H3,(H,15,19). The number of nitrogens with one attached hydrogen (secondary N) is 1. The van der Waals surface area contributed by atoms with Gasteiger partial charge < -0.3 is 19.9 Å². The maximum absolute atomic E-state index is 12.5. The van der Waals surface area contributed by atoms with Crippen LogP contribution in [0.5, 0.6) is 0 Å². The summed E-state index contributed by atoms with van der Waals surface area (Å²) in [6.45, 7) is 5.05. The Morgan fingerprint density at radius 1 is 1.35 bits per heavy atom. The van der Waals surface area contributed by atoms with Crippen molar-refractivity contribution >= 4 is 11.9 Å². The van der Waals surface area contributed by atoms with Crippen molar-refractivity contribution in [2.24, 2.45) is 11.3 Å². The van der Waals surface area contributed by atoms with E-state index < -0.39 is 0 Å². The molecule has 1 unspecified atom stereocenters. The molecule has 3 amide bonds. The van der Waals surface area contributed by atoms with Gasteiger partial charge in [0.05, 0.1) is 5.92 Å². The average molecular weight is 283 g/mol. The molecule has 2 rings (SSSR count). The predicted molar refractivity (Wildman–Crippen MR) is 75.3 cm³/mol. The minimum atomic E-state index is -0.107. The molecule has 0 aromatic rings. The van der Waals surface area contributed by atoms with Gasteiger partial charge in [0.2, 0.25) is 5.91 Å². The Morgan fingerprint density at radius 2 is 2.00 bits per heavy atom. The molecule has 0 bridgehead atoms. The summed E-state index contributed by atoms with van der Waals surface area (Å²) in [5.74, 6) is 0.0164. The van der Waals surface area contributed by atoms with Gasteiger partial charge in [-0.3, -0.25) is 4.79 Å². The van der Waals surface area contributed by atoms with Crippen LogP contribution in [0.25, 0.3) is 0 Å². The van der Waals surface area contributed by atoms with E-state index in [2.05, 4.69) is 5.32 Å². The molecule has 2 fully saturated rings. The monoisotopic (exact) mass is 283 g/mol. The molecule has 2 saturated heterocycles. The van der Waals surface area contributed by atoms with Gasteiger partial charge in [-0.1, -0.05) is 0 Å². The number of nitrogens with zero attached hydrogens (tertiary/aromatic N) is 2. The van der Waals surface area contributed by atoms with Crippen molar-refractivity contribution < 1.29 is 14.3 Å². The fourth-order valence-corrected chi connectivity index (χ4v) is 3.32. The first kappa shape index (κ1) is 15.1. The van der Waals surface area contributed by atoms with Crippen molar-refractivity contribution in [3.63, 3.8) is 0 Å². The van der Waals surface area contributed by atoms with Crippen LogP contribution < -0.4 is 5.32 Å². The maximum Gasteiger partial charge on any atom is 0.317 e. The summed E-state index contributed by atoms with van der Waals surface area (Å²) in [6.07, 6.45) is 1.71. The summed E-state index contributed by atoms with van der Waals surface area (Å²) in [7, 11) is 3.56. The van der Waals surface area contributed by atoms with Crippen molar-refractivity contribution in [2.75, 3.05) is 46.9 Å². The largest absolute Gasteiger partial charge is 0.381 e. The smallest absolute Gasteiger partial charge is 0.317 e. The lowest BCUT2D eigenvalue weighted by molar-refractivity contribution is -0.138. The highest BCUT2D eigenvalue weighted by Gasteiger charge is 2.52. The summed E-state index contributed by atoms with van der Waals surface area (Å²) in [4.78, 5) is 28.0. The van der Waals surface area contributed by atoms with Gasteiger partial charge in [-0.05, 0) is 19.8 Å². The van der Waals surface area contributed by atoms with E-state index in [1.165, 1.54) is 0 Å². The predicted octanol–water partition coefficient (Wildman–Crippen LogP) is 0.533. The molecule has 2 heterocycles. The molecule has 114 valence electrons. The number of rotatable bonds is 2. The number of carbonyl (C=O) groups excluding carboxylic acids is 2. The minimum Gasteiger partial charge on any atom is -0.381 e. The highest BCUT2D eigenvalue weighted by atomic mass is 16.5. The van der Waals surface area contributed by atoms with E-state index >= 15 is 0 Å². The van der Waals surface area contributed by atoms with E-state index in [0.29, 0.717) is 32.8 Å². The van der Waals surface area contributed by atoms with Gasteiger partial charge >= 0.3 is 6.03 Å². The van der Waals surface area contributed by atoms with Crippen LogP contribution >= 0.6 is 0 Å². The Hall–Kier alpha value is -1.30. The van der Waals surface area contributed by atoms with E-state index in [4.69, 9.17) is 4.74 Å². The van der Waals surface area contributed by atoms with Gasteiger partial charge in [0, 0.05) is 52.4 Å². The topological polar surface area (TPSA) is 61.9 Å². The first-order valence-electron chi connectivity index (χ1n) is 7.32.